The molecule has 1 aliphatic rings. The van der Waals surface area contributed by atoms with Crippen molar-refractivity contribution in [3.63, 3.8) is 0 Å². The lowest BCUT2D eigenvalue weighted by molar-refractivity contribution is -0.126. The predicted octanol–water partition coefficient (Wildman–Crippen LogP) is 3.95. The van der Waals surface area contributed by atoms with Gasteiger partial charge in [-0.25, -0.2) is 0 Å². The fourth-order valence-electron chi connectivity index (χ4n) is 2.82. The summed E-state index contributed by atoms with van der Waals surface area (Å²) in [6.45, 7) is 2.49. The van der Waals surface area contributed by atoms with E-state index in [9.17, 15) is 4.79 Å². The van der Waals surface area contributed by atoms with E-state index in [2.05, 4.69) is 10.2 Å². The second-order valence-electron chi connectivity index (χ2n) is 6.16. The Bertz CT molecular complexity index is 884. The zero-order valence-electron chi connectivity index (χ0n) is 16.2. The molecular weight excluding hydrogens is 374 g/mol. The average Bonchev–Trinajstić information content (AvgIpc) is 3.03. The highest BCUT2D eigenvalue weighted by molar-refractivity contribution is 8.15. The molecule has 1 fully saturated rings. The lowest BCUT2D eigenvalue weighted by atomic mass is 10.2. The number of amidine groups is 1. The van der Waals surface area contributed by atoms with E-state index in [0.29, 0.717) is 23.2 Å². The molecule has 2 aromatic rings. The van der Waals surface area contributed by atoms with E-state index in [-0.39, 0.29) is 11.2 Å². The molecular formula is C21H23N3O3S. The molecule has 2 aromatic carbocycles. The summed E-state index contributed by atoms with van der Waals surface area (Å²) < 4.78 is 10.6. The van der Waals surface area contributed by atoms with Crippen molar-refractivity contribution in [1.82, 2.24) is 4.90 Å². The van der Waals surface area contributed by atoms with Crippen LogP contribution in [0.2, 0.25) is 0 Å². The third-order valence-corrected chi connectivity index (χ3v) is 5.69. The number of nitrogens with zero attached hydrogens (tertiary/aromatic N) is 3. The molecule has 1 aliphatic heterocycles. The van der Waals surface area contributed by atoms with Crippen LogP contribution < -0.4 is 9.47 Å². The van der Waals surface area contributed by atoms with Gasteiger partial charge in [-0.3, -0.25) is 9.69 Å². The molecule has 0 aromatic heterocycles. The van der Waals surface area contributed by atoms with Gasteiger partial charge in [-0.05, 0) is 24.1 Å². The summed E-state index contributed by atoms with van der Waals surface area (Å²) in [4.78, 5) is 14.4. The maximum atomic E-state index is 12.7. The van der Waals surface area contributed by atoms with E-state index in [1.807, 2.05) is 49.4 Å². The number of rotatable bonds is 7. The predicted molar refractivity (Wildman–Crippen MR) is 113 cm³/mol. The lowest BCUT2D eigenvalue weighted by Gasteiger charge is -2.15. The topological polar surface area (TPSA) is 63.5 Å². The molecule has 28 heavy (non-hydrogen) atoms. The van der Waals surface area contributed by atoms with Gasteiger partial charge in [0.05, 0.1) is 32.2 Å². The highest BCUT2D eigenvalue weighted by atomic mass is 32.2. The van der Waals surface area contributed by atoms with Crippen molar-refractivity contribution in [2.24, 2.45) is 10.2 Å². The molecule has 1 heterocycles. The van der Waals surface area contributed by atoms with Gasteiger partial charge in [0.15, 0.2) is 5.17 Å². The molecule has 1 atom stereocenters. The number of benzene rings is 2. The third kappa shape index (κ3) is 4.54. The maximum Gasteiger partial charge on any atom is 0.242 e. The molecule has 0 spiro atoms. The van der Waals surface area contributed by atoms with Crippen LogP contribution >= 0.6 is 11.8 Å². The van der Waals surface area contributed by atoms with Crippen molar-refractivity contribution in [2.75, 3.05) is 14.2 Å². The second-order valence-corrected chi connectivity index (χ2v) is 7.33. The van der Waals surface area contributed by atoms with Crippen LogP contribution in [0.1, 0.15) is 24.5 Å². The SMILES string of the molecule is CCC1S/C(=N\N=C\c2ccc(OC)cc2OC)N(Cc2ccccc2)C1=O. The van der Waals surface area contributed by atoms with E-state index in [1.165, 1.54) is 11.8 Å². The fraction of sp³-hybridized carbons (Fsp3) is 0.286. The molecule has 3 rings (SSSR count). The summed E-state index contributed by atoms with van der Waals surface area (Å²) in [5, 5.41) is 9.04. The Labute approximate surface area is 169 Å². The number of thioether (sulfide) groups is 1. The zero-order valence-corrected chi connectivity index (χ0v) is 17.0. The molecule has 1 saturated heterocycles. The monoisotopic (exact) mass is 397 g/mol. The van der Waals surface area contributed by atoms with Crippen molar-refractivity contribution in [3.05, 3.63) is 59.7 Å². The van der Waals surface area contributed by atoms with E-state index >= 15 is 0 Å². The first kappa shape index (κ1) is 19.9. The Hall–Kier alpha value is -2.80. The van der Waals surface area contributed by atoms with Crippen LogP contribution in [0, 0.1) is 0 Å². The smallest absolute Gasteiger partial charge is 0.242 e. The van der Waals surface area contributed by atoms with Crippen LogP contribution in [-0.4, -0.2) is 41.7 Å². The quantitative estimate of drug-likeness (QED) is 0.524. The van der Waals surface area contributed by atoms with E-state index in [0.717, 1.165) is 17.5 Å². The minimum atomic E-state index is -0.117. The van der Waals surface area contributed by atoms with Crippen molar-refractivity contribution in [3.8, 4) is 11.5 Å². The van der Waals surface area contributed by atoms with Crippen LogP contribution in [0.25, 0.3) is 0 Å². The van der Waals surface area contributed by atoms with Gasteiger partial charge in [0.1, 0.15) is 11.5 Å². The summed E-state index contributed by atoms with van der Waals surface area (Å²) in [6, 6.07) is 15.4. The minimum Gasteiger partial charge on any atom is -0.497 e. The third-order valence-electron chi connectivity index (χ3n) is 4.36. The van der Waals surface area contributed by atoms with Crippen molar-refractivity contribution in [1.29, 1.82) is 0 Å². The first-order valence-corrected chi connectivity index (χ1v) is 9.89. The largest absolute Gasteiger partial charge is 0.497 e. The van der Waals surface area contributed by atoms with Crippen molar-refractivity contribution >= 4 is 29.1 Å². The molecule has 6 nitrogen and oxygen atoms in total. The van der Waals surface area contributed by atoms with Gasteiger partial charge in [0, 0.05) is 11.6 Å². The Morgan fingerprint density at radius 1 is 1.14 bits per heavy atom. The Morgan fingerprint density at radius 2 is 1.93 bits per heavy atom. The molecule has 1 unspecified atom stereocenters. The number of ether oxygens (including phenoxy) is 2. The lowest BCUT2D eigenvalue weighted by Crippen LogP contribution is -2.31. The summed E-state index contributed by atoms with van der Waals surface area (Å²) in [7, 11) is 3.20. The number of amides is 1. The maximum absolute atomic E-state index is 12.7. The number of carbonyl (C=O) groups is 1. The molecule has 1 amide bonds. The summed E-state index contributed by atoms with van der Waals surface area (Å²) in [5.41, 5.74) is 1.84. The normalized spacial score (nSPS) is 18.2. The fourth-order valence-corrected chi connectivity index (χ4v) is 3.85. The molecule has 0 aliphatic carbocycles. The molecule has 0 radical (unpaired) electrons. The highest BCUT2D eigenvalue weighted by Gasteiger charge is 2.36. The molecule has 0 N–H and O–H groups in total. The molecule has 0 saturated carbocycles. The number of carbonyl (C=O) groups excluding carboxylic acids is 1. The first-order valence-electron chi connectivity index (χ1n) is 9.01. The number of methoxy groups -OCH3 is 2. The molecule has 146 valence electrons. The zero-order chi connectivity index (χ0) is 19.9. The Balaban J connectivity index is 1.82. The van der Waals surface area contributed by atoms with Gasteiger partial charge in [-0.15, -0.1) is 5.10 Å². The van der Waals surface area contributed by atoms with Gasteiger partial charge in [0.25, 0.3) is 0 Å². The number of hydrogen-bond acceptors (Lipinski definition) is 6. The molecule has 0 bridgehead atoms. The summed E-state index contributed by atoms with van der Waals surface area (Å²) in [6.07, 6.45) is 2.38. The summed E-state index contributed by atoms with van der Waals surface area (Å²) >= 11 is 1.46. The van der Waals surface area contributed by atoms with Crippen LogP contribution in [-0.2, 0) is 11.3 Å². The highest BCUT2D eigenvalue weighted by Crippen LogP contribution is 2.31. The van der Waals surface area contributed by atoms with E-state index in [1.54, 1.807) is 31.4 Å². The van der Waals surface area contributed by atoms with Crippen LogP contribution in [0.4, 0.5) is 0 Å². The molecule has 7 heteroatoms. The summed E-state index contributed by atoms with van der Waals surface area (Å²) in [5.74, 6) is 1.43. The Kier molecular flexibility index (Phi) is 6.71. The van der Waals surface area contributed by atoms with Crippen molar-refractivity contribution in [2.45, 2.75) is 25.1 Å². The average molecular weight is 398 g/mol. The standard InChI is InChI=1S/C21H23N3O3S/c1-4-19-20(25)24(14-15-8-6-5-7-9-15)21(28-19)23-22-13-16-10-11-17(26-2)12-18(16)27-3/h5-13,19H,4,14H2,1-3H3/b22-13+,23-21-. The van der Waals surface area contributed by atoms with Crippen LogP contribution in [0.15, 0.2) is 58.7 Å². The Morgan fingerprint density at radius 3 is 2.61 bits per heavy atom. The van der Waals surface area contributed by atoms with Gasteiger partial charge >= 0.3 is 0 Å². The van der Waals surface area contributed by atoms with Gasteiger partial charge < -0.3 is 9.47 Å². The van der Waals surface area contributed by atoms with Gasteiger partial charge in [-0.2, -0.15) is 5.10 Å². The minimum absolute atomic E-state index is 0.0762. The van der Waals surface area contributed by atoms with Crippen LogP contribution in [0.3, 0.4) is 0 Å². The van der Waals surface area contributed by atoms with Crippen molar-refractivity contribution < 1.29 is 14.3 Å². The number of hydrogen-bond donors (Lipinski definition) is 0. The van der Waals surface area contributed by atoms with E-state index in [4.69, 9.17) is 9.47 Å². The van der Waals surface area contributed by atoms with Crippen LogP contribution in [0.5, 0.6) is 11.5 Å². The first-order chi connectivity index (χ1) is 13.7. The van der Waals surface area contributed by atoms with E-state index < -0.39 is 0 Å². The second kappa shape index (κ2) is 9.41. The van der Waals surface area contributed by atoms with Gasteiger partial charge in [0.2, 0.25) is 5.91 Å². The van der Waals surface area contributed by atoms with Gasteiger partial charge in [-0.1, -0.05) is 49.0 Å².